The van der Waals surface area contributed by atoms with E-state index < -0.39 is 10.0 Å². The minimum atomic E-state index is -3.62. The highest BCUT2D eigenvalue weighted by molar-refractivity contribution is 7.89. The number of sulfonamides is 1. The van der Waals surface area contributed by atoms with Gasteiger partial charge in [0.15, 0.2) is 0 Å². The number of anilines is 1. The molecule has 1 rings (SSSR count). The highest BCUT2D eigenvalue weighted by Gasteiger charge is 2.25. The molecule has 1 aromatic carbocycles. The fourth-order valence-electron chi connectivity index (χ4n) is 2.35. The number of benzene rings is 1. The van der Waals surface area contributed by atoms with Crippen molar-refractivity contribution in [3.05, 3.63) is 22.8 Å². The SMILES string of the molecule is Cc1cc(C)c(S(=O)(=O)NCC(C)(C)CCO)c(C)c1N. The monoisotopic (exact) mass is 314 g/mol. The predicted octanol–water partition coefficient (Wildman–Crippen LogP) is 1.88. The number of aliphatic hydroxyl groups is 1. The summed E-state index contributed by atoms with van der Waals surface area (Å²) in [4.78, 5) is 0.255. The van der Waals surface area contributed by atoms with Crippen molar-refractivity contribution in [1.82, 2.24) is 4.72 Å². The molecule has 0 aliphatic carbocycles. The lowest BCUT2D eigenvalue weighted by atomic mass is 9.90. The number of rotatable bonds is 6. The maximum Gasteiger partial charge on any atom is 0.241 e. The summed E-state index contributed by atoms with van der Waals surface area (Å²) >= 11 is 0. The first kappa shape index (κ1) is 17.9. The van der Waals surface area contributed by atoms with Crippen molar-refractivity contribution in [2.24, 2.45) is 5.41 Å². The van der Waals surface area contributed by atoms with Gasteiger partial charge in [0.25, 0.3) is 0 Å². The number of nitrogens with two attached hydrogens (primary N) is 1. The summed E-state index contributed by atoms with van der Waals surface area (Å²) in [5.74, 6) is 0. The van der Waals surface area contributed by atoms with Gasteiger partial charge in [0, 0.05) is 18.8 Å². The Morgan fingerprint density at radius 1 is 1.24 bits per heavy atom. The van der Waals surface area contributed by atoms with Crippen LogP contribution in [0.25, 0.3) is 0 Å². The molecule has 21 heavy (non-hydrogen) atoms. The van der Waals surface area contributed by atoms with Gasteiger partial charge in [0.05, 0.1) is 4.90 Å². The smallest absolute Gasteiger partial charge is 0.241 e. The molecule has 120 valence electrons. The summed E-state index contributed by atoms with van der Waals surface area (Å²) in [7, 11) is -3.62. The average molecular weight is 314 g/mol. The number of hydrogen-bond acceptors (Lipinski definition) is 4. The molecular formula is C15H26N2O3S. The van der Waals surface area contributed by atoms with Gasteiger partial charge in [0.1, 0.15) is 0 Å². The molecule has 0 saturated carbocycles. The maximum atomic E-state index is 12.6. The Hall–Kier alpha value is -1.11. The lowest BCUT2D eigenvalue weighted by Gasteiger charge is -2.24. The van der Waals surface area contributed by atoms with Crippen LogP contribution in [-0.4, -0.2) is 26.7 Å². The van der Waals surface area contributed by atoms with Gasteiger partial charge in [-0.15, -0.1) is 0 Å². The molecule has 0 unspecified atom stereocenters. The Morgan fingerprint density at radius 3 is 2.33 bits per heavy atom. The highest BCUT2D eigenvalue weighted by atomic mass is 32.2. The normalized spacial score (nSPS) is 12.7. The van der Waals surface area contributed by atoms with Crippen LogP contribution in [0, 0.1) is 26.2 Å². The zero-order valence-electron chi connectivity index (χ0n) is 13.4. The summed E-state index contributed by atoms with van der Waals surface area (Å²) in [6.45, 7) is 9.48. The van der Waals surface area contributed by atoms with Crippen molar-refractivity contribution in [2.45, 2.75) is 45.9 Å². The van der Waals surface area contributed by atoms with Crippen molar-refractivity contribution in [3.8, 4) is 0 Å². The second-order valence-electron chi connectivity index (χ2n) is 6.34. The molecule has 0 aromatic heterocycles. The second kappa shape index (κ2) is 6.34. The quantitative estimate of drug-likeness (QED) is 0.699. The lowest BCUT2D eigenvalue weighted by Crippen LogP contribution is -2.35. The molecular weight excluding hydrogens is 288 g/mol. The standard InChI is InChI=1S/C15H26N2O3S/c1-10-8-11(2)14(12(3)13(10)16)21(19,20)17-9-15(4,5)6-7-18/h8,17-18H,6-7,9,16H2,1-5H3. The van der Waals surface area contributed by atoms with E-state index in [0.29, 0.717) is 23.2 Å². The van der Waals surface area contributed by atoms with E-state index in [1.807, 2.05) is 20.8 Å². The number of nitrogens with one attached hydrogen (secondary N) is 1. The van der Waals surface area contributed by atoms with E-state index in [0.717, 1.165) is 5.56 Å². The van der Waals surface area contributed by atoms with Crippen molar-refractivity contribution in [2.75, 3.05) is 18.9 Å². The van der Waals surface area contributed by atoms with Crippen LogP contribution in [0.15, 0.2) is 11.0 Å². The zero-order valence-corrected chi connectivity index (χ0v) is 14.3. The van der Waals surface area contributed by atoms with Gasteiger partial charge < -0.3 is 10.8 Å². The lowest BCUT2D eigenvalue weighted by molar-refractivity contribution is 0.213. The summed E-state index contributed by atoms with van der Waals surface area (Å²) < 4.78 is 27.8. The minimum Gasteiger partial charge on any atom is -0.398 e. The Balaban J connectivity index is 3.13. The molecule has 0 spiro atoms. The van der Waals surface area contributed by atoms with E-state index in [4.69, 9.17) is 10.8 Å². The van der Waals surface area contributed by atoms with Gasteiger partial charge in [-0.1, -0.05) is 19.9 Å². The molecule has 1 aromatic rings. The van der Waals surface area contributed by atoms with Crippen LogP contribution in [0.3, 0.4) is 0 Å². The van der Waals surface area contributed by atoms with Crippen LogP contribution in [0.5, 0.6) is 0 Å². The van der Waals surface area contributed by atoms with Crippen LogP contribution in [0.2, 0.25) is 0 Å². The second-order valence-corrected chi connectivity index (χ2v) is 8.04. The molecule has 5 nitrogen and oxygen atoms in total. The fourth-order valence-corrected chi connectivity index (χ4v) is 4.07. The number of nitrogen functional groups attached to an aromatic ring is 1. The Morgan fingerprint density at radius 2 is 1.81 bits per heavy atom. The van der Waals surface area contributed by atoms with Crippen molar-refractivity contribution >= 4 is 15.7 Å². The maximum absolute atomic E-state index is 12.6. The Labute approximate surface area is 127 Å². The summed E-state index contributed by atoms with van der Waals surface area (Å²) in [5.41, 5.74) is 8.31. The summed E-state index contributed by atoms with van der Waals surface area (Å²) in [6.07, 6.45) is 0.531. The molecule has 0 amide bonds. The van der Waals surface area contributed by atoms with E-state index in [1.54, 1.807) is 19.9 Å². The molecule has 6 heteroatoms. The molecule has 0 fully saturated rings. The molecule has 0 heterocycles. The summed E-state index contributed by atoms with van der Waals surface area (Å²) in [5, 5.41) is 9.01. The molecule has 4 N–H and O–H groups in total. The van der Waals surface area contributed by atoms with E-state index >= 15 is 0 Å². The first-order chi connectivity index (χ1) is 9.52. The van der Waals surface area contributed by atoms with Crippen LogP contribution in [0.4, 0.5) is 5.69 Å². The number of hydrogen-bond donors (Lipinski definition) is 3. The third kappa shape index (κ3) is 4.18. The predicted molar refractivity (Wildman–Crippen MR) is 85.7 cm³/mol. The van der Waals surface area contributed by atoms with Crippen LogP contribution >= 0.6 is 0 Å². The average Bonchev–Trinajstić information content (AvgIpc) is 2.34. The van der Waals surface area contributed by atoms with Crippen molar-refractivity contribution < 1.29 is 13.5 Å². The van der Waals surface area contributed by atoms with Gasteiger partial charge in [-0.25, -0.2) is 13.1 Å². The first-order valence-corrected chi connectivity index (χ1v) is 8.47. The third-order valence-electron chi connectivity index (χ3n) is 3.76. The van der Waals surface area contributed by atoms with Crippen molar-refractivity contribution in [3.63, 3.8) is 0 Å². The van der Waals surface area contributed by atoms with Gasteiger partial charge in [-0.3, -0.25) is 0 Å². The van der Waals surface area contributed by atoms with Gasteiger partial charge in [-0.05, 0) is 49.3 Å². The van der Waals surface area contributed by atoms with Crippen LogP contribution in [-0.2, 0) is 10.0 Å². The van der Waals surface area contributed by atoms with Crippen LogP contribution < -0.4 is 10.5 Å². The fraction of sp³-hybridized carbons (Fsp3) is 0.600. The Kier molecular flexibility index (Phi) is 5.41. The van der Waals surface area contributed by atoms with E-state index in [-0.39, 0.29) is 23.5 Å². The molecule has 0 aliphatic rings. The first-order valence-electron chi connectivity index (χ1n) is 6.98. The number of aliphatic hydroxyl groups excluding tert-OH is 1. The van der Waals surface area contributed by atoms with E-state index in [2.05, 4.69) is 4.72 Å². The summed E-state index contributed by atoms with van der Waals surface area (Å²) in [6, 6.07) is 1.79. The van der Waals surface area contributed by atoms with Gasteiger partial charge in [0.2, 0.25) is 10.0 Å². The van der Waals surface area contributed by atoms with Gasteiger partial charge >= 0.3 is 0 Å². The van der Waals surface area contributed by atoms with E-state index in [9.17, 15) is 8.42 Å². The van der Waals surface area contributed by atoms with Crippen LogP contribution in [0.1, 0.15) is 37.0 Å². The Bertz CT molecular complexity index is 622. The topological polar surface area (TPSA) is 92.4 Å². The zero-order chi connectivity index (χ0) is 16.4. The third-order valence-corrected chi connectivity index (χ3v) is 5.45. The molecule has 0 radical (unpaired) electrons. The molecule has 0 atom stereocenters. The molecule has 0 saturated heterocycles. The largest absolute Gasteiger partial charge is 0.398 e. The van der Waals surface area contributed by atoms with Crippen molar-refractivity contribution in [1.29, 1.82) is 0 Å². The molecule has 0 bridgehead atoms. The van der Waals surface area contributed by atoms with E-state index in [1.165, 1.54) is 0 Å². The molecule has 0 aliphatic heterocycles. The highest BCUT2D eigenvalue weighted by Crippen LogP contribution is 2.28. The number of aryl methyl sites for hydroxylation is 2. The minimum absolute atomic E-state index is 0.0320. The van der Waals surface area contributed by atoms with Gasteiger partial charge in [-0.2, -0.15) is 0 Å².